The number of benzene rings is 4. The van der Waals surface area contributed by atoms with Gasteiger partial charge in [-0.05, 0) is 69.6 Å². The van der Waals surface area contributed by atoms with Crippen LogP contribution in [0.4, 0.5) is 0 Å². The van der Waals surface area contributed by atoms with Crippen molar-refractivity contribution >= 4 is 5.91 Å². The number of pyridine rings is 1. The zero-order valence-corrected chi connectivity index (χ0v) is 29.0. The summed E-state index contributed by atoms with van der Waals surface area (Å²) in [5.74, 6) is 1.34. The van der Waals surface area contributed by atoms with Crippen LogP contribution in [0.15, 0.2) is 109 Å². The lowest BCUT2D eigenvalue weighted by Gasteiger charge is -2.39. The highest BCUT2D eigenvalue weighted by Gasteiger charge is 2.34. The first-order valence-corrected chi connectivity index (χ1v) is 17.3. The average molecular weight is 686 g/mol. The van der Waals surface area contributed by atoms with Crippen molar-refractivity contribution < 1.29 is 28.8 Å². The molecular formula is C42H43N3O6. The van der Waals surface area contributed by atoms with Crippen LogP contribution in [0.3, 0.4) is 0 Å². The zero-order valence-electron chi connectivity index (χ0n) is 29.0. The molecule has 9 heteroatoms. The third-order valence-electron chi connectivity index (χ3n) is 9.75. The first kappa shape index (κ1) is 34.4. The average Bonchev–Trinajstić information content (AvgIpc) is 3.19. The first-order chi connectivity index (χ1) is 25.0. The Kier molecular flexibility index (Phi) is 10.7. The van der Waals surface area contributed by atoms with Crippen molar-refractivity contribution in [2.24, 2.45) is 0 Å². The molecule has 1 saturated heterocycles. The lowest BCUT2D eigenvalue weighted by atomic mass is 9.96. The number of methoxy groups -OCH3 is 2. The smallest absolute Gasteiger partial charge is 0.253 e. The molecule has 1 aromatic heterocycles. The molecule has 2 aliphatic heterocycles. The van der Waals surface area contributed by atoms with E-state index in [0.29, 0.717) is 18.5 Å². The van der Waals surface area contributed by atoms with E-state index in [2.05, 4.69) is 57.7 Å². The summed E-state index contributed by atoms with van der Waals surface area (Å²) >= 11 is 0. The van der Waals surface area contributed by atoms with Gasteiger partial charge in [0.05, 0.1) is 38.6 Å². The minimum atomic E-state index is -0.559. The molecule has 9 nitrogen and oxygen atoms in total. The van der Waals surface area contributed by atoms with Crippen molar-refractivity contribution in [2.45, 2.75) is 51.0 Å². The number of nitrogens with zero attached hydrogens (tertiary/aromatic N) is 2. The van der Waals surface area contributed by atoms with Crippen LogP contribution in [0.1, 0.15) is 62.6 Å². The summed E-state index contributed by atoms with van der Waals surface area (Å²) in [5, 5.41) is 12.6. The number of hydrogen-bond acceptors (Lipinski definition) is 8. The third kappa shape index (κ3) is 7.97. The number of rotatable bonds is 11. The van der Waals surface area contributed by atoms with Crippen molar-refractivity contribution in [2.75, 3.05) is 27.3 Å². The molecule has 0 radical (unpaired) electrons. The second-order valence-corrected chi connectivity index (χ2v) is 13.0. The third-order valence-corrected chi connectivity index (χ3v) is 9.75. The Morgan fingerprint density at radius 2 is 1.65 bits per heavy atom. The van der Waals surface area contributed by atoms with Gasteiger partial charge in [-0.25, -0.2) is 0 Å². The molecule has 5 aromatic rings. The summed E-state index contributed by atoms with van der Waals surface area (Å²) in [4.78, 5) is 19.2. The number of aliphatic hydroxyl groups excluding tert-OH is 1. The predicted molar refractivity (Wildman–Crippen MR) is 194 cm³/mol. The predicted octanol–water partition coefficient (Wildman–Crippen LogP) is 6.79. The van der Waals surface area contributed by atoms with E-state index in [1.54, 1.807) is 38.7 Å². The summed E-state index contributed by atoms with van der Waals surface area (Å²) in [5.41, 5.74) is 9.00. The van der Waals surface area contributed by atoms with Crippen molar-refractivity contribution in [3.05, 3.63) is 148 Å². The minimum Gasteiger partial charge on any atom is -0.493 e. The topological polar surface area (TPSA) is 102 Å². The van der Waals surface area contributed by atoms with Gasteiger partial charge < -0.3 is 29.4 Å². The number of fused-ring (bicyclic) bond motifs is 1. The standard InChI is InChI=1S/C42H43N3O6/c1-48-39-20-32-17-19-45(25-35(32)21-40(39)49-2)26-36-22-38(30-11-9-28(27-46)10-12-30)51-42(50-36)31-15-13-29(14-16-31)37-8-4-3-6-33(37)24-44-41(47)34-7-5-18-43-23-34/h3-16,18,20-21,23,36,38,42,46H,17,19,22,24-27H2,1-2H3,(H,44,47)/t36-,38+,42+/m1/s1. The van der Waals surface area contributed by atoms with Gasteiger partial charge in [-0.15, -0.1) is 0 Å². The van der Waals surface area contributed by atoms with Gasteiger partial charge >= 0.3 is 0 Å². The lowest BCUT2D eigenvalue weighted by molar-refractivity contribution is -0.253. The Bertz CT molecular complexity index is 1930. The van der Waals surface area contributed by atoms with Crippen LogP contribution < -0.4 is 14.8 Å². The fourth-order valence-corrected chi connectivity index (χ4v) is 6.97. The molecule has 51 heavy (non-hydrogen) atoms. The van der Waals surface area contributed by atoms with Gasteiger partial charge in [0, 0.05) is 50.6 Å². The Morgan fingerprint density at radius 3 is 2.37 bits per heavy atom. The van der Waals surface area contributed by atoms with Crippen molar-refractivity contribution in [3.8, 4) is 22.6 Å². The van der Waals surface area contributed by atoms with Gasteiger partial charge in [-0.3, -0.25) is 14.7 Å². The molecule has 0 aliphatic carbocycles. The van der Waals surface area contributed by atoms with E-state index in [1.807, 2.05) is 42.5 Å². The van der Waals surface area contributed by atoms with Gasteiger partial charge in [0.15, 0.2) is 17.8 Å². The van der Waals surface area contributed by atoms with Crippen LogP contribution >= 0.6 is 0 Å². The number of nitrogens with one attached hydrogen (secondary N) is 1. The fraction of sp³-hybridized carbons (Fsp3) is 0.286. The van der Waals surface area contributed by atoms with Gasteiger partial charge in [-0.1, -0.05) is 72.8 Å². The Hall–Kier alpha value is -5.06. The lowest BCUT2D eigenvalue weighted by Crippen LogP contribution is -2.41. The molecule has 1 fully saturated rings. The largest absolute Gasteiger partial charge is 0.493 e. The number of ether oxygens (including phenoxy) is 4. The van der Waals surface area contributed by atoms with E-state index >= 15 is 0 Å². The Balaban J connectivity index is 1.09. The molecule has 0 unspecified atom stereocenters. The summed E-state index contributed by atoms with van der Waals surface area (Å²) in [7, 11) is 3.34. The van der Waals surface area contributed by atoms with Crippen LogP contribution in [0.25, 0.3) is 11.1 Å². The molecule has 3 atom stereocenters. The molecule has 4 aromatic carbocycles. The number of amides is 1. The maximum absolute atomic E-state index is 12.7. The number of hydrogen-bond donors (Lipinski definition) is 2. The van der Waals surface area contributed by atoms with Crippen LogP contribution in [0, 0.1) is 0 Å². The molecule has 0 saturated carbocycles. The fourth-order valence-electron chi connectivity index (χ4n) is 6.97. The molecule has 7 rings (SSSR count). The van der Waals surface area contributed by atoms with Crippen LogP contribution in [0.5, 0.6) is 11.5 Å². The van der Waals surface area contributed by atoms with E-state index in [4.69, 9.17) is 18.9 Å². The molecule has 262 valence electrons. The minimum absolute atomic E-state index is 0.000384. The van der Waals surface area contributed by atoms with Crippen LogP contribution in [-0.4, -0.2) is 54.3 Å². The quantitative estimate of drug-likeness (QED) is 0.157. The molecule has 0 bridgehead atoms. The maximum Gasteiger partial charge on any atom is 0.253 e. The van der Waals surface area contributed by atoms with E-state index in [0.717, 1.165) is 70.9 Å². The normalized spacial score (nSPS) is 18.8. The summed E-state index contributed by atoms with van der Waals surface area (Å²) in [6, 6.07) is 32.1. The number of aliphatic hydroxyl groups is 1. The van der Waals surface area contributed by atoms with E-state index in [-0.39, 0.29) is 24.7 Å². The summed E-state index contributed by atoms with van der Waals surface area (Å²) in [6.45, 7) is 2.86. The van der Waals surface area contributed by atoms with E-state index in [1.165, 1.54) is 11.1 Å². The molecule has 1 amide bonds. The van der Waals surface area contributed by atoms with Gasteiger partial charge in [0.1, 0.15) is 0 Å². The van der Waals surface area contributed by atoms with E-state index in [9.17, 15) is 9.90 Å². The zero-order chi connectivity index (χ0) is 35.2. The second kappa shape index (κ2) is 15.9. The van der Waals surface area contributed by atoms with Gasteiger partial charge in [0.25, 0.3) is 5.91 Å². The number of carbonyl (C=O) groups is 1. The Labute approximate surface area is 298 Å². The van der Waals surface area contributed by atoms with Crippen molar-refractivity contribution in [3.63, 3.8) is 0 Å². The SMILES string of the molecule is COc1cc2c(cc1OC)CN(C[C@H]1C[C@@H](c3ccc(CO)cc3)O[C@@H](c3ccc(-c4ccccc4CNC(=O)c4cccnc4)cc3)O1)CC2. The molecular weight excluding hydrogens is 642 g/mol. The van der Waals surface area contributed by atoms with Crippen molar-refractivity contribution in [1.29, 1.82) is 0 Å². The summed E-state index contributed by atoms with van der Waals surface area (Å²) < 4.78 is 24.5. The van der Waals surface area contributed by atoms with E-state index < -0.39 is 6.29 Å². The number of carbonyl (C=O) groups excluding carboxylic acids is 1. The highest BCUT2D eigenvalue weighted by Crippen LogP contribution is 2.40. The highest BCUT2D eigenvalue weighted by molar-refractivity contribution is 5.93. The van der Waals surface area contributed by atoms with Crippen LogP contribution in [0.2, 0.25) is 0 Å². The van der Waals surface area contributed by atoms with Crippen LogP contribution in [-0.2, 0) is 35.6 Å². The van der Waals surface area contributed by atoms with Crippen molar-refractivity contribution in [1.82, 2.24) is 15.2 Å². The highest BCUT2D eigenvalue weighted by atomic mass is 16.7. The van der Waals surface area contributed by atoms with Gasteiger partial charge in [0.2, 0.25) is 0 Å². The van der Waals surface area contributed by atoms with Gasteiger partial charge in [-0.2, -0.15) is 0 Å². The molecule has 2 N–H and O–H groups in total. The molecule has 0 spiro atoms. The number of aromatic nitrogens is 1. The molecule has 3 heterocycles. The molecule has 2 aliphatic rings. The second-order valence-electron chi connectivity index (χ2n) is 13.0. The maximum atomic E-state index is 12.7. The first-order valence-electron chi connectivity index (χ1n) is 17.3. The monoisotopic (exact) mass is 685 g/mol. The Morgan fingerprint density at radius 1 is 0.902 bits per heavy atom. The summed E-state index contributed by atoms with van der Waals surface area (Å²) in [6.07, 6.45) is 4.04.